The van der Waals surface area contributed by atoms with Gasteiger partial charge in [-0.2, -0.15) is 0 Å². The van der Waals surface area contributed by atoms with Crippen molar-refractivity contribution in [3.63, 3.8) is 0 Å². The van der Waals surface area contributed by atoms with Crippen LogP contribution in [0.25, 0.3) is 0 Å². The monoisotopic (exact) mass is 312 g/mol. The zero-order chi connectivity index (χ0) is 14.0. The van der Waals surface area contributed by atoms with Crippen LogP contribution in [0.15, 0.2) is 17.2 Å². The third-order valence-electron chi connectivity index (χ3n) is 2.49. The fourth-order valence-electron chi connectivity index (χ4n) is 1.01. The summed E-state index contributed by atoms with van der Waals surface area (Å²) in [5, 5.41) is 9.84. The third kappa shape index (κ3) is 4.07. The van der Waals surface area contributed by atoms with Crippen molar-refractivity contribution in [3.05, 3.63) is 22.4 Å². The second-order valence-electron chi connectivity index (χ2n) is 4.12. The predicted molar refractivity (Wildman–Crippen MR) is 70.4 cm³/mol. The predicted octanol–water partition coefficient (Wildman–Crippen LogP) is 1.83. The lowest BCUT2D eigenvalue weighted by molar-refractivity contribution is 0.0613. The van der Waals surface area contributed by atoms with E-state index in [9.17, 15) is 13.5 Å². The molecule has 1 aromatic heterocycles. The topological polar surface area (TPSA) is 79.3 Å². The van der Waals surface area contributed by atoms with Gasteiger partial charge >= 0.3 is 0 Å². The van der Waals surface area contributed by atoms with E-state index >= 15 is 0 Å². The first-order chi connectivity index (χ1) is 8.18. The minimum absolute atomic E-state index is 0.0381. The normalized spacial score (nSPS) is 15.4. The van der Waals surface area contributed by atoms with Gasteiger partial charge in [-0.25, -0.2) is 18.1 Å². The van der Waals surface area contributed by atoms with Crippen LogP contribution in [0.2, 0.25) is 10.2 Å². The molecule has 0 radical (unpaired) electrons. The van der Waals surface area contributed by atoms with Crippen molar-refractivity contribution in [2.24, 2.45) is 0 Å². The van der Waals surface area contributed by atoms with Gasteiger partial charge in [0.2, 0.25) is 10.0 Å². The summed E-state index contributed by atoms with van der Waals surface area (Å²) in [7, 11) is -3.76. The standard InChI is InChI=1S/C10H14Cl2N2O3S/c1-3-10(2,15)6-14-18(16,17)7-4-8(11)9(12)13-5-7/h4-5,14-15H,3,6H2,1-2H3. The van der Waals surface area contributed by atoms with Crippen LogP contribution in [0.3, 0.4) is 0 Å². The summed E-state index contributed by atoms with van der Waals surface area (Å²) in [5.74, 6) is 0. The molecule has 0 saturated heterocycles. The van der Waals surface area contributed by atoms with Gasteiger partial charge in [0.05, 0.1) is 10.6 Å². The molecule has 0 aliphatic carbocycles. The van der Waals surface area contributed by atoms with Crippen molar-refractivity contribution >= 4 is 33.2 Å². The Morgan fingerprint density at radius 3 is 2.61 bits per heavy atom. The highest BCUT2D eigenvalue weighted by Gasteiger charge is 2.23. The smallest absolute Gasteiger partial charge is 0.242 e. The average Bonchev–Trinajstić information content (AvgIpc) is 2.30. The molecular formula is C10H14Cl2N2O3S. The highest BCUT2D eigenvalue weighted by molar-refractivity contribution is 7.89. The second-order valence-corrected chi connectivity index (χ2v) is 6.65. The van der Waals surface area contributed by atoms with E-state index in [0.717, 1.165) is 6.20 Å². The molecule has 102 valence electrons. The highest BCUT2D eigenvalue weighted by Crippen LogP contribution is 2.22. The fourth-order valence-corrected chi connectivity index (χ4v) is 2.48. The zero-order valence-electron chi connectivity index (χ0n) is 9.94. The molecule has 0 aliphatic rings. The maximum absolute atomic E-state index is 11.9. The van der Waals surface area contributed by atoms with E-state index < -0.39 is 15.6 Å². The largest absolute Gasteiger partial charge is 0.389 e. The summed E-state index contributed by atoms with van der Waals surface area (Å²) in [6.45, 7) is 3.21. The number of aromatic nitrogens is 1. The van der Waals surface area contributed by atoms with Gasteiger partial charge in [0.25, 0.3) is 0 Å². The number of nitrogens with one attached hydrogen (secondary N) is 1. The summed E-state index contributed by atoms with van der Waals surface area (Å²) in [6, 6.07) is 1.21. The molecule has 5 nitrogen and oxygen atoms in total. The maximum atomic E-state index is 11.9. The van der Waals surface area contributed by atoms with E-state index in [1.165, 1.54) is 6.07 Å². The molecule has 8 heteroatoms. The molecule has 2 N–H and O–H groups in total. The fraction of sp³-hybridized carbons (Fsp3) is 0.500. The third-order valence-corrected chi connectivity index (χ3v) is 4.54. The van der Waals surface area contributed by atoms with Gasteiger partial charge < -0.3 is 5.11 Å². The molecular weight excluding hydrogens is 299 g/mol. The van der Waals surface area contributed by atoms with E-state index in [-0.39, 0.29) is 21.6 Å². The van der Waals surface area contributed by atoms with Gasteiger partial charge in [-0.05, 0) is 19.4 Å². The van der Waals surface area contributed by atoms with Crippen molar-refractivity contribution in [1.82, 2.24) is 9.71 Å². The first kappa shape index (κ1) is 15.7. The molecule has 0 aliphatic heterocycles. The molecule has 0 fully saturated rings. The Bertz CT molecular complexity index is 532. The first-order valence-electron chi connectivity index (χ1n) is 5.21. The Morgan fingerprint density at radius 1 is 1.50 bits per heavy atom. The lowest BCUT2D eigenvalue weighted by Gasteiger charge is -2.21. The number of nitrogens with zero attached hydrogens (tertiary/aromatic N) is 1. The lowest BCUT2D eigenvalue weighted by Crippen LogP contribution is -2.40. The minimum Gasteiger partial charge on any atom is -0.389 e. The van der Waals surface area contributed by atoms with Gasteiger partial charge in [-0.15, -0.1) is 0 Å². The summed E-state index contributed by atoms with van der Waals surface area (Å²) in [6.07, 6.45) is 1.53. The van der Waals surface area contributed by atoms with Gasteiger partial charge in [0.15, 0.2) is 0 Å². The Morgan fingerprint density at radius 2 is 2.11 bits per heavy atom. The molecule has 1 heterocycles. The number of hydrogen-bond acceptors (Lipinski definition) is 4. The van der Waals surface area contributed by atoms with Crippen LogP contribution in [-0.2, 0) is 10.0 Å². The molecule has 1 aromatic rings. The Hall–Kier alpha value is -0.400. The van der Waals surface area contributed by atoms with Gasteiger partial charge in [-0.1, -0.05) is 30.1 Å². The van der Waals surface area contributed by atoms with Crippen LogP contribution in [0.4, 0.5) is 0 Å². The summed E-state index contributed by atoms with van der Waals surface area (Å²) >= 11 is 11.3. The number of pyridine rings is 1. The SMILES string of the molecule is CCC(C)(O)CNS(=O)(=O)c1cnc(Cl)c(Cl)c1. The highest BCUT2D eigenvalue weighted by atomic mass is 35.5. The summed E-state index contributed by atoms with van der Waals surface area (Å²) in [5.41, 5.74) is -1.10. The van der Waals surface area contributed by atoms with Crippen molar-refractivity contribution in [2.75, 3.05) is 6.54 Å². The van der Waals surface area contributed by atoms with Crippen LogP contribution >= 0.6 is 23.2 Å². The molecule has 0 aromatic carbocycles. The molecule has 1 atom stereocenters. The summed E-state index contributed by atoms with van der Waals surface area (Å²) in [4.78, 5) is 3.57. The number of aliphatic hydroxyl groups is 1. The Labute approximate surface area is 116 Å². The van der Waals surface area contributed by atoms with Gasteiger partial charge in [-0.3, -0.25) is 0 Å². The first-order valence-corrected chi connectivity index (χ1v) is 7.45. The molecule has 0 bridgehead atoms. The Kier molecular flexibility index (Phi) is 4.97. The summed E-state index contributed by atoms with van der Waals surface area (Å²) < 4.78 is 26.1. The van der Waals surface area contributed by atoms with Crippen molar-refractivity contribution in [2.45, 2.75) is 30.8 Å². The second kappa shape index (κ2) is 5.71. The van der Waals surface area contributed by atoms with Crippen LogP contribution in [0.1, 0.15) is 20.3 Å². The van der Waals surface area contributed by atoms with Crippen molar-refractivity contribution < 1.29 is 13.5 Å². The zero-order valence-corrected chi connectivity index (χ0v) is 12.3. The quantitative estimate of drug-likeness (QED) is 0.813. The molecule has 1 rings (SSSR count). The van der Waals surface area contributed by atoms with Crippen molar-refractivity contribution in [1.29, 1.82) is 0 Å². The molecule has 0 amide bonds. The molecule has 18 heavy (non-hydrogen) atoms. The number of hydrogen-bond donors (Lipinski definition) is 2. The van der Waals surface area contributed by atoms with E-state index in [1.807, 2.05) is 0 Å². The molecule has 1 unspecified atom stereocenters. The molecule has 0 saturated carbocycles. The average molecular weight is 313 g/mol. The Balaban J connectivity index is 2.90. The maximum Gasteiger partial charge on any atom is 0.242 e. The van der Waals surface area contributed by atoms with E-state index in [2.05, 4.69) is 9.71 Å². The van der Waals surface area contributed by atoms with Crippen LogP contribution in [0.5, 0.6) is 0 Å². The van der Waals surface area contributed by atoms with Crippen LogP contribution < -0.4 is 4.72 Å². The van der Waals surface area contributed by atoms with Gasteiger partial charge in [0.1, 0.15) is 10.0 Å². The van der Waals surface area contributed by atoms with Crippen LogP contribution in [0, 0.1) is 0 Å². The number of rotatable bonds is 5. The number of sulfonamides is 1. The van der Waals surface area contributed by atoms with Crippen molar-refractivity contribution in [3.8, 4) is 0 Å². The molecule has 0 spiro atoms. The lowest BCUT2D eigenvalue weighted by atomic mass is 10.1. The van der Waals surface area contributed by atoms with E-state index in [0.29, 0.717) is 6.42 Å². The van der Waals surface area contributed by atoms with E-state index in [1.54, 1.807) is 13.8 Å². The minimum atomic E-state index is -3.76. The van der Waals surface area contributed by atoms with Crippen LogP contribution in [-0.4, -0.2) is 30.7 Å². The number of halogens is 2. The van der Waals surface area contributed by atoms with Gasteiger partial charge in [0, 0.05) is 12.7 Å². The van der Waals surface area contributed by atoms with E-state index in [4.69, 9.17) is 23.2 Å².